The molecular formula is C9H11BrClN3O2. The molecule has 88 valence electrons. The molecule has 0 spiro atoms. The van der Waals surface area contributed by atoms with Crippen LogP contribution in [-0.4, -0.2) is 41.6 Å². The number of hydrogen-bond donors (Lipinski definition) is 1. The van der Waals surface area contributed by atoms with Gasteiger partial charge in [-0.3, -0.25) is 4.79 Å². The molecule has 7 heteroatoms. The van der Waals surface area contributed by atoms with Gasteiger partial charge in [0.2, 0.25) is 0 Å². The third-order valence-corrected chi connectivity index (χ3v) is 3.53. The molecule has 1 fully saturated rings. The van der Waals surface area contributed by atoms with Gasteiger partial charge in [-0.15, -0.1) is 11.6 Å². The minimum Gasteiger partial charge on any atom is -0.377 e. The van der Waals surface area contributed by atoms with Crippen LogP contribution >= 0.6 is 27.5 Å². The molecule has 2 heterocycles. The minimum absolute atomic E-state index is 0.0565. The van der Waals surface area contributed by atoms with Crippen molar-refractivity contribution in [3.05, 3.63) is 21.2 Å². The van der Waals surface area contributed by atoms with E-state index in [0.29, 0.717) is 35.9 Å². The van der Waals surface area contributed by atoms with Crippen LogP contribution in [0.3, 0.4) is 0 Å². The quantitative estimate of drug-likeness (QED) is 0.827. The van der Waals surface area contributed by atoms with E-state index in [2.05, 4.69) is 25.9 Å². The van der Waals surface area contributed by atoms with E-state index in [4.69, 9.17) is 16.3 Å². The smallest absolute Gasteiger partial charge is 0.267 e. The number of aromatic nitrogens is 2. The fourth-order valence-electron chi connectivity index (χ4n) is 1.64. The SMILES string of the molecule is O=c1[nH]cnc(N2CCOCC2CCl)c1Br. The maximum Gasteiger partial charge on any atom is 0.267 e. The van der Waals surface area contributed by atoms with E-state index >= 15 is 0 Å². The highest BCUT2D eigenvalue weighted by Gasteiger charge is 2.25. The standard InChI is InChI=1S/C9H11BrClN3O2/c10-7-8(12-5-13-9(7)15)14-1-2-16-4-6(14)3-11/h5-6H,1-4H2,(H,12,13,15). The number of nitrogens with zero attached hydrogens (tertiary/aromatic N) is 2. The van der Waals surface area contributed by atoms with E-state index in [0.717, 1.165) is 0 Å². The number of alkyl halides is 1. The van der Waals surface area contributed by atoms with E-state index in [1.54, 1.807) is 0 Å². The second kappa shape index (κ2) is 5.16. The Bertz CT molecular complexity index is 425. The molecule has 5 nitrogen and oxygen atoms in total. The fourth-order valence-corrected chi connectivity index (χ4v) is 2.34. The van der Waals surface area contributed by atoms with Crippen LogP contribution in [-0.2, 0) is 4.74 Å². The molecule has 0 amide bonds. The topological polar surface area (TPSA) is 58.2 Å². The zero-order valence-corrected chi connectivity index (χ0v) is 10.8. The lowest BCUT2D eigenvalue weighted by atomic mass is 10.2. The number of morpholine rings is 1. The monoisotopic (exact) mass is 307 g/mol. The van der Waals surface area contributed by atoms with E-state index in [1.807, 2.05) is 4.90 Å². The Labute approximate surface area is 106 Å². The summed E-state index contributed by atoms with van der Waals surface area (Å²) < 4.78 is 5.78. The third-order valence-electron chi connectivity index (χ3n) is 2.46. The molecular weight excluding hydrogens is 297 g/mol. The van der Waals surface area contributed by atoms with Gasteiger partial charge in [0, 0.05) is 12.4 Å². The van der Waals surface area contributed by atoms with Crippen molar-refractivity contribution in [3.8, 4) is 0 Å². The lowest BCUT2D eigenvalue weighted by molar-refractivity contribution is 0.0993. The summed E-state index contributed by atoms with van der Waals surface area (Å²) in [4.78, 5) is 20.1. The Morgan fingerprint density at radius 1 is 1.75 bits per heavy atom. The summed E-state index contributed by atoms with van der Waals surface area (Å²) in [6.07, 6.45) is 1.39. The molecule has 1 aliphatic heterocycles. The highest BCUT2D eigenvalue weighted by Crippen LogP contribution is 2.23. The Kier molecular flexibility index (Phi) is 3.83. The van der Waals surface area contributed by atoms with Crippen molar-refractivity contribution >= 4 is 33.3 Å². The molecule has 0 aliphatic carbocycles. The molecule has 2 rings (SSSR count). The summed E-state index contributed by atoms with van der Waals surface area (Å²) in [5.41, 5.74) is -0.190. The molecule has 0 saturated carbocycles. The van der Waals surface area contributed by atoms with Gasteiger partial charge < -0.3 is 14.6 Å². The van der Waals surface area contributed by atoms with Gasteiger partial charge in [0.15, 0.2) is 5.82 Å². The minimum atomic E-state index is -0.190. The second-order valence-electron chi connectivity index (χ2n) is 3.45. The van der Waals surface area contributed by atoms with Gasteiger partial charge >= 0.3 is 0 Å². The van der Waals surface area contributed by atoms with Crippen LogP contribution in [0.15, 0.2) is 15.6 Å². The highest BCUT2D eigenvalue weighted by molar-refractivity contribution is 9.10. The highest BCUT2D eigenvalue weighted by atomic mass is 79.9. The molecule has 0 bridgehead atoms. The van der Waals surface area contributed by atoms with Crippen LogP contribution < -0.4 is 10.5 Å². The van der Waals surface area contributed by atoms with Crippen LogP contribution in [0.5, 0.6) is 0 Å². The second-order valence-corrected chi connectivity index (χ2v) is 4.55. The normalized spacial score (nSPS) is 21.1. The Morgan fingerprint density at radius 3 is 3.31 bits per heavy atom. The van der Waals surface area contributed by atoms with Gasteiger partial charge in [-0.25, -0.2) is 4.98 Å². The Balaban J connectivity index is 2.34. The summed E-state index contributed by atoms with van der Waals surface area (Å²) in [7, 11) is 0. The summed E-state index contributed by atoms with van der Waals surface area (Å²) in [5.74, 6) is 1.07. The third kappa shape index (κ3) is 2.23. The number of anilines is 1. The molecule has 0 radical (unpaired) electrons. The van der Waals surface area contributed by atoms with Gasteiger partial charge in [-0.1, -0.05) is 0 Å². The van der Waals surface area contributed by atoms with E-state index < -0.39 is 0 Å². The van der Waals surface area contributed by atoms with Crippen molar-refractivity contribution in [1.29, 1.82) is 0 Å². The van der Waals surface area contributed by atoms with Gasteiger partial charge in [0.25, 0.3) is 5.56 Å². The number of aromatic amines is 1. The average molecular weight is 309 g/mol. The summed E-state index contributed by atoms with van der Waals surface area (Å²) >= 11 is 9.11. The Morgan fingerprint density at radius 2 is 2.56 bits per heavy atom. The first-order valence-electron chi connectivity index (χ1n) is 4.87. The van der Waals surface area contributed by atoms with Crippen molar-refractivity contribution in [3.63, 3.8) is 0 Å². The largest absolute Gasteiger partial charge is 0.377 e. The number of rotatable bonds is 2. The van der Waals surface area contributed by atoms with Crippen LogP contribution in [0.25, 0.3) is 0 Å². The number of ether oxygens (including phenoxy) is 1. The van der Waals surface area contributed by atoms with Crippen LogP contribution in [0.4, 0.5) is 5.82 Å². The Hall–Kier alpha value is -0.590. The van der Waals surface area contributed by atoms with Crippen molar-refractivity contribution in [2.24, 2.45) is 0 Å². The van der Waals surface area contributed by atoms with Gasteiger partial charge in [0.1, 0.15) is 4.47 Å². The predicted molar refractivity (Wildman–Crippen MR) is 65.2 cm³/mol. The average Bonchev–Trinajstić information content (AvgIpc) is 2.33. The van der Waals surface area contributed by atoms with E-state index in [1.165, 1.54) is 6.33 Å². The molecule has 1 unspecified atom stereocenters. The van der Waals surface area contributed by atoms with Gasteiger partial charge in [0.05, 0.1) is 25.6 Å². The molecule has 1 aliphatic rings. The van der Waals surface area contributed by atoms with Crippen LogP contribution in [0, 0.1) is 0 Å². The first kappa shape index (κ1) is 11.9. The zero-order valence-electron chi connectivity index (χ0n) is 8.45. The van der Waals surface area contributed by atoms with E-state index in [-0.39, 0.29) is 11.6 Å². The van der Waals surface area contributed by atoms with Crippen LogP contribution in [0.2, 0.25) is 0 Å². The molecule has 1 aromatic rings. The lowest BCUT2D eigenvalue weighted by Gasteiger charge is -2.35. The number of hydrogen-bond acceptors (Lipinski definition) is 4. The first-order valence-corrected chi connectivity index (χ1v) is 6.20. The maximum atomic E-state index is 11.4. The van der Waals surface area contributed by atoms with Crippen LogP contribution in [0.1, 0.15) is 0 Å². The number of halogens is 2. The molecule has 1 atom stereocenters. The van der Waals surface area contributed by atoms with Crippen molar-refractivity contribution < 1.29 is 4.74 Å². The maximum absolute atomic E-state index is 11.4. The van der Waals surface area contributed by atoms with E-state index in [9.17, 15) is 4.79 Å². The summed E-state index contributed by atoms with van der Waals surface area (Å²) in [6, 6.07) is 0.0565. The van der Waals surface area contributed by atoms with Gasteiger partial charge in [-0.05, 0) is 15.9 Å². The number of nitrogens with one attached hydrogen (secondary N) is 1. The molecule has 1 aromatic heterocycles. The summed E-state index contributed by atoms with van der Waals surface area (Å²) in [5, 5.41) is 0. The molecule has 1 saturated heterocycles. The van der Waals surface area contributed by atoms with Gasteiger partial charge in [-0.2, -0.15) is 0 Å². The van der Waals surface area contributed by atoms with Crippen molar-refractivity contribution in [2.75, 3.05) is 30.5 Å². The van der Waals surface area contributed by atoms with Crippen molar-refractivity contribution in [2.45, 2.75) is 6.04 Å². The fraction of sp³-hybridized carbons (Fsp3) is 0.556. The predicted octanol–water partition coefficient (Wildman–Crippen LogP) is 0.976. The first-order chi connectivity index (χ1) is 7.74. The number of H-pyrrole nitrogens is 1. The summed E-state index contributed by atoms with van der Waals surface area (Å²) in [6.45, 7) is 1.87. The van der Waals surface area contributed by atoms with Crippen molar-refractivity contribution in [1.82, 2.24) is 9.97 Å². The zero-order chi connectivity index (χ0) is 11.5. The molecule has 16 heavy (non-hydrogen) atoms. The molecule has 1 N–H and O–H groups in total. The lowest BCUT2D eigenvalue weighted by Crippen LogP contribution is -2.47. The molecule has 0 aromatic carbocycles.